The Hall–Kier alpha value is -2.80. The lowest BCUT2D eigenvalue weighted by atomic mass is 9.90. The first kappa shape index (κ1) is 21.4. The number of para-hydroxylation sites is 1. The van der Waals surface area contributed by atoms with Crippen molar-refractivity contribution in [2.24, 2.45) is 4.99 Å². The lowest BCUT2D eigenvalue weighted by Gasteiger charge is -2.27. The molecule has 3 N–H and O–H groups in total. The number of hydrogen-bond acceptors (Lipinski definition) is 4. The zero-order valence-corrected chi connectivity index (χ0v) is 18.5. The van der Waals surface area contributed by atoms with Crippen LogP contribution in [0.4, 0.5) is 5.69 Å². The third-order valence-electron chi connectivity index (χ3n) is 6.06. The fraction of sp³-hybridized carbons (Fsp3) is 0.500. The molecule has 4 rings (SSSR count). The van der Waals surface area contributed by atoms with E-state index in [1.165, 1.54) is 18.4 Å². The number of fused-ring (bicyclic) bond motifs is 1. The average molecular weight is 424 g/mol. The molecule has 3 heterocycles. The zero-order chi connectivity index (χ0) is 21.6. The zero-order valence-electron chi connectivity index (χ0n) is 18.5. The van der Waals surface area contributed by atoms with Crippen molar-refractivity contribution in [1.82, 2.24) is 15.5 Å². The van der Waals surface area contributed by atoms with Crippen LogP contribution in [0.5, 0.6) is 0 Å². The van der Waals surface area contributed by atoms with Crippen LogP contribution in [0.3, 0.4) is 0 Å². The van der Waals surface area contributed by atoms with Crippen molar-refractivity contribution >= 4 is 17.6 Å². The molecule has 1 aromatic carbocycles. The lowest BCUT2D eigenvalue weighted by molar-refractivity contribution is -0.116. The Morgan fingerprint density at radius 2 is 2.03 bits per heavy atom. The number of anilines is 1. The molecule has 0 bridgehead atoms. The predicted octanol–water partition coefficient (Wildman–Crippen LogP) is 3.41. The first-order valence-corrected chi connectivity index (χ1v) is 11.4. The van der Waals surface area contributed by atoms with Crippen LogP contribution >= 0.6 is 0 Å². The summed E-state index contributed by atoms with van der Waals surface area (Å²) in [6, 6.07) is 12.3. The van der Waals surface area contributed by atoms with E-state index in [1.807, 2.05) is 31.2 Å². The van der Waals surface area contributed by atoms with E-state index >= 15 is 0 Å². The Labute approximate surface area is 184 Å². The van der Waals surface area contributed by atoms with Gasteiger partial charge >= 0.3 is 0 Å². The van der Waals surface area contributed by atoms with Crippen LogP contribution in [0.15, 0.2) is 45.8 Å². The number of amides is 1. The summed E-state index contributed by atoms with van der Waals surface area (Å²) in [5.41, 5.74) is 2.08. The van der Waals surface area contributed by atoms with E-state index in [1.54, 1.807) is 0 Å². The molecule has 0 aliphatic carbocycles. The number of benzene rings is 1. The van der Waals surface area contributed by atoms with Crippen molar-refractivity contribution in [2.75, 3.05) is 38.0 Å². The molecule has 7 heteroatoms. The second-order valence-corrected chi connectivity index (χ2v) is 8.34. The highest BCUT2D eigenvalue weighted by molar-refractivity contribution is 5.94. The van der Waals surface area contributed by atoms with Gasteiger partial charge in [0.25, 0.3) is 0 Å². The Morgan fingerprint density at radius 3 is 2.77 bits per heavy atom. The number of hydrogen-bond donors (Lipinski definition) is 3. The summed E-state index contributed by atoms with van der Waals surface area (Å²) in [7, 11) is 0. The summed E-state index contributed by atoms with van der Waals surface area (Å²) in [5.74, 6) is 2.88. The van der Waals surface area contributed by atoms with Gasteiger partial charge in [0.05, 0.1) is 12.6 Å². The van der Waals surface area contributed by atoms with Crippen LogP contribution in [-0.2, 0) is 4.79 Å². The molecule has 1 amide bonds. The second-order valence-electron chi connectivity index (χ2n) is 8.34. The number of nitrogens with one attached hydrogen (secondary N) is 3. The van der Waals surface area contributed by atoms with Gasteiger partial charge in [0.2, 0.25) is 5.91 Å². The largest absolute Gasteiger partial charge is 0.465 e. The van der Waals surface area contributed by atoms with E-state index in [0.717, 1.165) is 42.8 Å². The van der Waals surface area contributed by atoms with Crippen LogP contribution < -0.4 is 16.0 Å². The van der Waals surface area contributed by atoms with Crippen LogP contribution in [-0.4, -0.2) is 49.5 Å². The number of furan rings is 1. The molecule has 0 spiro atoms. The maximum absolute atomic E-state index is 12.1. The number of guanidine groups is 1. The lowest BCUT2D eigenvalue weighted by Crippen LogP contribution is -2.41. The number of rotatable bonds is 7. The van der Waals surface area contributed by atoms with Crippen molar-refractivity contribution in [3.05, 3.63) is 53.5 Å². The third-order valence-corrected chi connectivity index (χ3v) is 6.06. The van der Waals surface area contributed by atoms with Crippen molar-refractivity contribution in [2.45, 2.75) is 45.1 Å². The van der Waals surface area contributed by atoms with Crippen LogP contribution in [0.1, 0.15) is 55.2 Å². The van der Waals surface area contributed by atoms with Gasteiger partial charge in [-0.3, -0.25) is 14.7 Å². The molecule has 1 aromatic heterocycles. The van der Waals surface area contributed by atoms with Gasteiger partial charge in [0.15, 0.2) is 5.96 Å². The van der Waals surface area contributed by atoms with Gasteiger partial charge in [-0.15, -0.1) is 0 Å². The van der Waals surface area contributed by atoms with Gasteiger partial charge in [-0.2, -0.15) is 0 Å². The maximum Gasteiger partial charge on any atom is 0.225 e. The number of likely N-dealkylation sites (tertiary alicyclic amines) is 1. The van der Waals surface area contributed by atoms with E-state index < -0.39 is 0 Å². The molecule has 0 saturated carbocycles. The molecule has 2 aromatic rings. The summed E-state index contributed by atoms with van der Waals surface area (Å²) in [6.07, 6.45) is 2.92. The Morgan fingerprint density at radius 1 is 1.23 bits per heavy atom. The van der Waals surface area contributed by atoms with Gasteiger partial charge in [-0.1, -0.05) is 18.2 Å². The number of nitrogens with zero attached hydrogens (tertiary/aromatic N) is 2. The van der Waals surface area contributed by atoms with Gasteiger partial charge in [0.1, 0.15) is 11.5 Å². The number of aryl methyl sites for hydroxylation is 1. The molecule has 2 unspecified atom stereocenters. The van der Waals surface area contributed by atoms with Crippen LogP contribution in [0.25, 0.3) is 0 Å². The normalized spacial score (nSPS) is 20.3. The Bertz CT molecular complexity index is 916. The minimum absolute atomic E-state index is 0.0646. The molecule has 2 atom stereocenters. The highest BCUT2D eigenvalue weighted by Crippen LogP contribution is 2.31. The SMILES string of the molecule is CCNC(=NCC(c1ccc(C)o1)N1CCCC1)NCC1CC(=O)Nc2ccccc21. The third kappa shape index (κ3) is 5.28. The van der Waals surface area contributed by atoms with Gasteiger partial charge in [-0.05, 0) is 63.5 Å². The molecular weight excluding hydrogens is 390 g/mol. The summed E-state index contributed by atoms with van der Waals surface area (Å²) in [6.45, 7) is 8.28. The minimum atomic E-state index is 0.0646. The molecule has 2 aliphatic heterocycles. The number of carbonyl (C=O) groups excluding carboxylic acids is 1. The van der Waals surface area contributed by atoms with Crippen molar-refractivity contribution in [3.63, 3.8) is 0 Å². The average Bonchev–Trinajstić information content (AvgIpc) is 3.44. The Balaban J connectivity index is 1.46. The summed E-state index contributed by atoms with van der Waals surface area (Å²) in [4.78, 5) is 19.5. The quantitative estimate of drug-likeness (QED) is 0.470. The summed E-state index contributed by atoms with van der Waals surface area (Å²) >= 11 is 0. The van der Waals surface area contributed by atoms with E-state index in [9.17, 15) is 4.79 Å². The highest BCUT2D eigenvalue weighted by Gasteiger charge is 2.27. The molecule has 1 fully saturated rings. The van der Waals surface area contributed by atoms with E-state index in [0.29, 0.717) is 19.5 Å². The first-order chi connectivity index (χ1) is 15.1. The van der Waals surface area contributed by atoms with Crippen molar-refractivity contribution in [3.8, 4) is 0 Å². The fourth-order valence-electron chi connectivity index (χ4n) is 4.49. The van der Waals surface area contributed by atoms with Gasteiger partial charge in [0, 0.05) is 31.1 Å². The number of carbonyl (C=O) groups is 1. The van der Waals surface area contributed by atoms with Crippen LogP contribution in [0, 0.1) is 6.92 Å². The minimum Gasteiger partial charge on any atom is -0.465 e. The highest BCUT2D eigenvalue weighted by atomic mass is 16.3. The Kier molecular flexibility index (Phi) is 6.92. The van der Waals surface area contributed by atoms with Gasteiger partial charge < -0.3 is 20.4 Å². The van der Waals surface area contributed by atoms with E-state index in [2.05, 4.69) is 39.9 Å². The van der Waals surface area contributed by atoms with Crippen LogP contribution in [0.2, 0.25) is 0 Å². The van der Waals surface area contributed by atoms with E-state index in [4.69, 9.17) is 9.41 Å². The molecule has 2 aliphatic rings. The summed E-state index contributed by atoms with van der Waals surface area (Å²) in [5, 5.41) is 9.78. The van der Waals surface area contributed by atoms with E-state index in [-0.39, 0.29) is 17.9 Å². The standard InChI is InChI=1S/C24H33N5O2/c1-3-25-24(26-15-18-14-23(30)28-20-9-5-4-8-19(18)20)27-16-21(29-12-6-7-13-29)22-11-10-17(2)31-22/h4-5,8-11,18,21H,3,6-7,12-16H2,1-2H3,(H,28,30)(H2,25,26,27). The smallest absolute Gasteiger partial charge is 0.225 e. The predicted molar refractivity (Wildman–Crippen MR) is 123 cm³/mol. The van der Waals surface area contributed by atoms with Crippen molar-refractivity contribution in [1.29, 1.82) is 0 Å². The molecule has 166 valence electrons. The molecule has 1 saturated heterocycles. The monoisotopic (exact) mass is 423 g/mol. The topological polar surface area (TPSA) is 81.9 Å². The fourth-order valence-corrected chi connectivity index (χ4v) is 4.49. The molecule has 31 heavy (non-hydrogen) atoms. The van der Waals surface area contributed by atoms with Gasteiger partial charge in [-0.25, -0.2) is 0 Å². The maximum atomic E-state index is 12.1. The molecule has 0 radical (unpaired) electrons. The number of aliphatic imine (C=N–C) groups is 1. The summed E-state index contributed by atoms with van der Waals surface area (Å²) < 4.78 is 5.96. The first-order valence-electron chi connectivity index (χ1n) is 11.4. The van der Waals surface area contributed by atoms with Crippen molar-refractivity contribution < 1.29 is 9.21 Å². The molecular formula is C24H33N5O2. The molecule has 7 nitrogen and oxygen atoms in total. The second kappa shape index (κ2) is 10.0.